The number of carbonyl (C=O) groups is 1. The van der Waals surface area contributed by atoms with Crippen LogP contribution in [0.25, 0.3) is 10.9 Å². The van der Waals surface area contributed by atoms with Gasteiger partial charge in [0.25, 0.3) is 5.56 Å². The second-order valence-corrected chi connectivity index (χ2v) is 7.13. The lowest BCUT2D eigenvalue weighted by atomic mass is 10.0. The van der Waals surface area contributed by atoms with E-state index in [0.29, 0.717) is 27.2 Å². The summed E-state index contributed by atoms with van der Waals surface area (Å²) >= 11 is 12.0. The number of fused-ring (bicyclic) bond motifs is 1. The van der Waals surface area contributed by atoms with Gasteiger partial charge in [-0.2, -0.15) is 0 Å². The quantitative estimate of drug-likeness (QED) is 0.715. The minimum Gasteiger partial charge on any atom is -0.325 e. The first-order chi connectivity index (χ1) is 12.3. The molecule has 134 valence electrons. The standard InChI is InChI=1S/C19H17Cl2N3O2/c1-11(2)12-3-5-14(6-4-12)23-17(25)9-24-10-22-18-15(19(24)26)7-13(20)8-16(18)21/h3-8,10-11H,9H2,1-2H3,(H,23,25). The zero-order valence-corrected chi connectivity index (χ0v) is 15.8. The molecule has 0 atom stereocenters. The molecule has 0 aliphatic heterocycles. The first-order valence-electron chi connectivity index (χ1n) is 8.09. The molecule has 0 unspecified atom stereocenters. The predicted octanol–water partition coefficient (Wildman–Crippen LogP) is 4.47. The Labute approximate surface area is 160 Å². The van der Waals surface area contributed by atoms with Crippen molar-refractivity contribution in [3.63, 3.8) is 0 Å². The molecule has 5 nitrogen and oxygen atoms in total. The van der Waals surface area contributed by atoms with Crippen LogP contribution in [0.2, 0.25) is 10.0 Å². The Kier molecular flexibility index (Phi) is 5.30. The van der Waals surface area contributed by atoms with Gasteiger partial charge in [0, 0.05) is 10.7 Å². The Bertz CT molecular complexity index is 1030. The summed E-state index contributed by atoms with van der Waals surface area (Å²) in [7, 11) is 0. The van der Waals surface area contributed by atoms with Crippen molar-refractivity contribution < 1.29 is 4.79 Å². The van der Waals surface area contributed by atoms with Gasteiger partial charge in [0.15, 0.2) is 0 Å². The van der Waals surface area contributed by atoms with Crippen LogP contribution in [0.5, 0.6) is 0 Å². The molecular weight excluding hydrogens is 373 g/mol. The normalized spacial score (nSPS) is 11.1. The summed E-state index contributed by atoms with van der Waals surface area (Å²) < 4.78 is 1.23. The molecule has 3 aromatic rings. The number of hydrogen-bond acceptors (Lipinski definition) is 3. The molecule has 0 saturated carbocycles. The van der Waals surface area contributed by atoms with Crippen LogP contribution in [0, 0.1) is 0 Å². The number of benzene rings is 2. The highest BCUT2D eigenvalue weighted by atomic mass is 35.5. The average molecular weight is 390 g/mol. The second-order valence-electron chi connectivity index (χ2n) is 6.29. The summed E-state index contributed by atoms with van der Waals surface area (Å²) in [5.41, 5.74) is 1.85. The van der Waals surface area contributed by atoms with E-state index in [9.17, 15) is 9.59 Å². The number of aromatic nitrogens is 2. The number of nitrogens with zero attached hydrogens (tertiary/aromatic N) is 2. The number of hydrogen-bond donors (Lipinski definition) is 1. The first-order valence-corrected chi connectivity index (χ1v) is 8.84. The molecular formula is C19H17Cl2N3O2. The minimum atomic E-state index is -0.371. The largest absolute Gasteiger partial charge is 0.325 e. The van der Waals surface area contributed by atoms with E-state index in [1.54, 1.807) is 0 Å². The van der Waals surface area contributed by atoms with Gasteiger partial charge in [0.1, 0.15) is 6.54 Å². The Morgan fingerprint density at radius 1 is 1.19 bits per heavy atom. The van der Waals surface area contributed by atoms with E-state index in [0.717, 1.165) is 0 Å². The summed E-state index contributed by atoms with van der Waals surface area (Å²) in [6.07, 6.45) is 1.31. The highest BCUT2D eigenvalue weighted by Gasteiger charge is 2.11. The van der Waals surface area contributed by atoms with E-state index in [-0.39, 0.29) is 23.4 Å². The molecule has 3 rings (SSSR count). The van der Waals surface area contributed by atoms with Crippen molar-refractivity contribution in [1.82, 2.24) is 9.55 Å². The summed E-state index contributed by atoms with van der Waals surface area (Å²) in [5.74, 6) is 0.0966. The molecule has 1 amide bonds. The Balaban J connectivity index is 1.81. The molecule has 7 heteroatoms. The zero-order valence-electron chi connectivity index (χ0n) is 14.3. The smallest absolute Gasteiger partial charge is 0.261 e. The van der Waals surface area contributed by atoms with Crippen LogP contribution >= 0.6 is 23.2 Å². The summed E-state index contributed by atoms with van der Waals surface area (Å²) in [5, 5.41) is 3.69. The molecule has 1 heterocycles. The highest BCUT2D eigenvalue weighted by Crippen LogP contribution is 2.24. The third kappa shape index (κ3) is 3.89. The lowest BCUT2D eigenvalue weighted by molar-refractivity contribution is -0.116. The molecule has 1 N–H and O–H groups in total. The van der Waals surface area contributed by atoms with E-state index < -0.39 is 0 Å². The molecule has 0 aliphatic rings. The molecule has 2 aromatic carbocycles. The van der Waals surface area contributed by atoms with E-state index in [4.69, 9.17) is 23.2 Å². The molecule has 0 bridgehead atoms. The van der Waals surface area contributed by atoms with E-state index in [2.05, 4.69) is 24.1 Å². The van der Waals surface area contributed by atoms with Crippen LogP contribution < -0.4 is 10.9 Å². The van der Waals surface area contributed by atoms with E-state index in [1.165, 1.54) is 28.6 Å². The molecule has 0 spiro atoms. The number of rotatable bonds is 4. The van der Waals surface area contributed by atoms with Gasteiger partial charge in [0.05, 0.1) is 22.3 Å². The van der Waals surface area contributed by atoms with Crippen molar-refractivity contribution in [3.8, 4) is 0 Å². The molecule has 0 saturated heterocycles. The van der Waals surface area contributed by atoms with Gasteiger partial charge in [-0.15, -0.1) is 0 Å². The summed E-state index contributed by atoms with van der Waals surface area (Å²) in [6, 6.07) is 10.6. The van der Waals surface area contributed by atoms with Gasteiger partial charge in [-0.1, -0.05) is 49.2 Å². The fourth-order valence-corrected chi connectivity index (χ4v) is 3.16. The van der Waals surface area contributed by atoms with Crippen LogP contribution in [0.4, 0.5) is 5.69 Å². The van der Waals surface area contributed by atoms with Gasteiger partial charge < -0.3 is 5.32 Å². The van der Waals surface area contributed by atoms with E-state index in [1.807, 2.05) is 24.3 Å². The highest BCUT2D eigenvalue weighted by molar-refractivity contribution is 6.38. The van der Waals surface area contributed by atoms with Gasteiger partial charge in [-0.3, -0.25) is 14.2 Å². The van der Waals surface area contributed by atoms with Crippen LogP contribution in [-0.4, -0.2) is 15.5 Å². The lowest BCUT2D eigenvalue weighted by Crippen LogP contribution is -2.28. The van der Waals surface area contributed by atoms with Crippen LogP contribution in [0.1, 0.15) is 25.3 Å². The van der Waals surface area contributed by atoms with E-state index >= 15 is 0 Å². The lowest BCUT2D eigenvalue weighted by Gasteiger charge is -2.10. The number of carbonyl (C=O) groups excluding carboxylic acids is 1. The number of halogens is 2. The Morgan fingerprint density at radius 3 is 2.54 bits per heavy atom. The van der Waals surface area contributed by atoms with Crippen molar-refractivity contribution in [2.24, 2.45) is 0 Å². The molecule has 26 heavy (non-hydrogen) atoms. The number of nitrogens with one attached hydrogen (secondary N) is 1. The summed E-state index contributed by atoms with van der Waals surface area (Å²) in [6.45, 7) is 4.05. The molecule has 1 aromatic heterocycles. The monoisotopic (exact) mass is 389 g/mol. The van der Waals surface area contributed by atoms with Crippen molar-refractivity contribution in [1.29, 1.82) is 0 Å². The number of amides is 1. The Morgan fingerprint density at radius 2 is 1.88 bits per heavy atom. The van der Waals surface area contributed by atoms with Gasteiger partial charge in [-0.05, 0) is 35.7 Å². The van der Waals surface area contributed by atoms with Crippen molar-refractivity contribution in [2.45, 2.75) is 26.3 Å². The topological polar surface area (TPSA) is 64.0 Å². The van der Waals surface area contributed by atoms with Gasteiger partial charge >= 0.3 is 0 Å². The van der Waals surface area contributed by atoms with Crippen molar-refractivity contribution in [2.75, 3.05) is 5.32 Å². The number of anilines is 1. The van der Waals surface area contributed by atoms with Crippen LogP contribution in [-0.2, 0) is 11.3 Å². The van der Waals surface area contributed by atoms with Crippen molar-refractivity contribution >= 4 is 45.7 Å². The molecule has 0 fully saturated rings. The second kappa shape index (κ2) is 7.48. The van der Waals surface area contributed by atoms with Crippen LogP contribution in [0.3, 0.4) is 0 Å². The average Bonchev–Trinajstić information content (AvgIpc) is 2.58. The zero-order chi connectivity index (χ0) is 18.8. The third-order valence-corrected chi connectivity index (χ3v) is 4.53. The first kappa shape index (κ1) is 18.4. The fourth-order valence-electron chi connectivity index (χ4n) is 2.61. The SMILES string of the molecule is CC(C)c1ccc(NC(=O)Cn2cnc3c(Cl)cc(Cl)cc3c2=O)cc1. The molecule has 0 radical (unpaired) electrons. The maximum absolute atomic E-state index is 12.6. The Hall–Kier alpha value is -2.37. The molecule has 0 aliphatic carbocycles. The maximum atomic E-state index is 12.6. The summed E-state index contributed by atoms with van der Waals surface area (Å²) in [4.78, 5) is 29.0. The fraction of sp³-hybridized carbons (Fsp3) is 0.211. The van der Waals surface area contributed by atoms with Crippen molar-refractivity contribution in [3.05, 3.63) is 68.7 Å². The third-order valence-electron chi connectivity index (χ3n) is 4.02. The predicted molar refractivity (Wildman–Crippen MR) is 105 cm³/mol. The minimum absolute atomic E-state index is 0.155. The maximum Gasteiger partial charge on any atom is 0.261 e. The van der Waals surface area contributed by atoms with Gasteiger partial charge in [-0.25, -0.2) is 4.98 Å². The van der Waals surface area contributed by atoms with Crippen LogP contribution in [0.15, 0.2) is 47.5 Å². The van der Waals surface area contributed by atoms with Gasteiger partial charge in [0.2, 0.25) is 5.91 Å².